The van der Waals surface area contributed by atoms with Crippen molar-refractivity contribution in [1.29, 1.82) is 0 Å². The fraction of sp³-hybridized carbons (Fsp3) is 0.312. The van der Waals surface area contributed by atoms with Crippen LogP contribution in [0.4, 0.5) is 5.69 Å². The Kier molecular flexibility index (Phi) is 3.66. The molecule has 1 N–H and O–H groups in total. The van der Waals surface area contributed by atoms with E-state index >= 15 is 0 Å². The number of nitrogens with zero attached hydrogens (tertiary/aromatic N) is 2. The van der Waals surface area contributed by atoms with Gasteiger partial charge in [0.05, 0.1) is 12.8 Å². The first-order valence-corrected chi connectivity index (χ1v) is 7.08. The zero-order valence-corrected chi connectivity index (χ0v) is 12.4. The number of hydrogen-bond acceptors (Lipinski definition) is 4. The molecule has 6 nitrogen and oxygen atoms in total. The zero-order chi connectivity index (χ0) is 15.7. The molecule has 3 rings (SSSR count). The third-order valence-corrected chi connectivity index (χ3v) is 3.82. The van der Waals surface area contributed by atoms with Gasteiger partial charge in [-0.25, -0.2) is 4.79 Å². The lowest BCUT2D eigenvalue weighted by Crippen LogP contribution is -2.16. The van der Waals surface area contributed by atoms with Gasteiger partial charge in [-0.2, -0.15) is 5.10 Å². The van der Waals surface area contributed by atoms with Crippen molar-refractivity contribution in [2.45, 2.75) is 12.3 Å². The lowest BCUT2D eigenvalue weighted by molar-refractivity contribution is -0.117. The Morgan fingerprint density at radius 2 is 2.05 bits per heavy atom. The number of carbonyl (C=O) groups is 2. The molecule has 1 aliphatic rings. The van der Waals surface area contributed by atoms with E-state index in [9.17, 15) is 9.59 Å². The van der Waals surface area contributed by atoms with Crippen molar-refractivity contribution in [3.05, 3.63) is 47.8 Å². The lowest BCUT2D eigenvalue weighted by Gasteiger charge is -2.04. The van der Waals surface area contributed by atoms with Gasteiger partial charge in [0.25, 0.3) is 0 Å². The monoisotopic (exact) mass is 299 g/mol. The quantitative estimate of drug-likeness (QED) is 0.876. The molecule has 0 spiro atoms. The van der Waals surface area contributed by atoms with Crippen molar-refractivity contribution in [3.63, 3.8) is 0 Å². The Hall–Kier alpha value is -2.63. The van der Waals surface area contributed by atoms with Crippen molar-refractivity contribution in [3.8, 4) is 0 Å². The van der Waals surface area contributed by atoms with E-state index in [1.807, 2.05) is 30.3 Å². The summed E-state index contributed by atoms with van der Waals surface area (Å²) < 4.78 is 6.15. The van der Waals surface area contributed by atoms with Crippen LogP contribution in [0.3, 0.4) is 0 Å². The van der Waals surface area contributed by atoms with Crippen LogP contribution in [0.2, 0.25) is 0 Å². The van der Waals surface area contributed by atoms with Gasteiger partial charge in [0.1, 0.15) is 0 Å². The number of rotatable bonds is 4. The highest BCUT2D eigenvalue weighted by Gasteiger charge is 2.44. The van der Waals surface area contributed by atoms with E-state index in [0.717, 1.165) is 6.42 Å². The second-order valence-corrected chi connectivity index (χ2v) is 5.41. The first kappa shape index (κ1) is 14.3. The van der Waals surface area contributed by atoms with Crippen LogP contribution < -0.4 is 5.32 Å². The normalized spacial score (nSPS) is 19.5. The number of nitrogens with one attached hydrogen (secondary N) is 1. The topological polar surface area (TPSA) is 73.2 Å². The van der Waals surface area contributed by atoms with Gasteiger partial charge in [-0.15, -0.1) is 0 Å². The Bertz CT molecular complexity index is 709. The standard InChI is InChI=1S/C16H17N3O3/c1-19-9-13(14(18-19)16(21)22-2)17-15(20)12-8-11(12)10-6-4-3-5-7-10/h3-7,9,11-12H,8H2,1-2H3,(H,17,20). The lowest BCUT2D eigenvalue weighted by atomic mass is 10.1. The molecule has 1 aromatic carbocycles. The van der Waals surface area contributed by atoms with Crippen LogP contribution in [0, 0.1) is 5.92 Å². The summed E-state index contributed by atoms with van der Waals surface area (Å²) >= 11 is 0. The van der Waals surface area contributed by atoms with Crippen LogP contribution in [0.5, 0.6) is 0 Å². The van der Waals surface area contributed by atoms with Gasteiger partial charge in [-0.1, -0.05) is 30.3 Å². The molecule has 114 valence electrons. The summed E-state index contributed by atoms with van der Waals surface area (Å²) in [6, 6.07) is 9.96. The van der Waals surface area contributed by atoms with Crippen LogP contribution in [0.1, 0.15) is 28.4 Å². The number of amides is 1. The van der Waals surface area contributed by atoms with E-state index in [-0.39, 0.29) is 23.4 Å². The van der Waals surface area contributed by atoms with Gasteiger partial charge < -0.3 is 10.1 Å². The molecule has 1 heterocycles. The predicted octanol–water partition coefficient (Wildman–Crippen LogP) is 1.95. The minimum Gasteiger partial charge on any atom is -0.464 e. The Balaban J connectivity index is 1.70. The summed E-state index contributed by atoms with van der Waals surface area (Å²) in [4.78, 5) is 24.0. The summed E-state index contributed by atoms with van der Waals surface area (Å²) in [5, 5.41) is 6.80. The molecule has 2 aromatic rings. The summed E-state index contributed by atoms with van der Waals surface area (Å²) in [5.74, 6) is -0.467. The van der Waals surface area contributed by atoms with E-state index in [1.165, 1.54) is 17.4 Å². The number of aromatic nitrogens is 2. The van der Waals surface area contributed by atoms with E-state index in [4.69, 9.17) is 0 Å². The van der Waals surface area contributed by atoms with Crippen molar-refractivity contribution in [2.24, 2.45) is 13.0 Å². The smallest absolute Gasteiger partial charge is 0.360 e. The number of benzene rings is 1. The summed E-state index contributed by atoms with van der Waals surface area (Å²) in [5.41, 5.74) is 1.68. The number of carbonyl (C=O) groups excluding carboxylic acids is 2. The first-order chi connectivity index (χ1) is 10.6. The third kappa shape index (κ3) is 2.72. The third-order valence-electron chi connectivity index (χ3n) is 3.82. The molecule has 1 saturated carbocycles. The SMILES string of the molecule is COC(=O)c1nn(C)cc1NC(=O)C1CC1c1ccccc1. The van der Waals surface area contributed by atoms with Gasteiger partial charge in [0.2, 0.25) is 5.91 Å². The molecular weight excluding hydrogens is 282 g/mol. The maximum atomic E-state index is 12.3. The average molecular weight is 299 g/mol. The average Bonchev–Trinajstić information content (AvgIpc) is 3.25. The molecule has 0 radical (unpaired) electrons. The summed E-state index contributed by atoms with van der Waals surface area (Å²) in [6.07, 6.45) is 2.42. The van der Waals surface area contributed by atoms with Crippen LogP contribution in [-0.2, 0) is 16.6 Å². The highest BCUT2D eigenvalue weighted by atomic mass is 16.5. The molecule has 1 aliphatic carbocycles. The van der Waals surface area contributed by atoms with E-state index < -0.39 is 5.97 Å². The number of ether oxygens (including phenoxy) is 1. The number of anilines is 1. The maximum Gasteiger partial charge on any atom is 0.360 e. The Morgan fingerprint density at radius 3 is 2.73 bits per heavy atom. The highest BCUT2D eigenvalue weighted by Crippen LogP contribution is 2.47. The molecule has 0 bridgehead atoms. The predicted molar refractivity (Wildman–Crippen MR) is 80.5 cm³/mol. The minimum atomic E-state index is -0.564. The second kappa shape index (κ2) is 5.63. The number of aryl methyl sites for hydroxylation is 1. The van der Waals surface area contributed by atoms with E-state index in [2.05, 4.69) is 15.2 Å². The number of methoxy groups -OCH3 is 1. The van der Waals surface area contributed by atoms with Crippen molar-refractivity contribution in [2.75, 3.05) is 12.4 Å². The van der Waals surface area contributed by atoms with Crippen LogP contribution in [-0.4, -0.2) is 28.8 Å². The molecule has 1 amide bonds. The van der Waals surface area contributed by atoms with Gasteiger partial charge in [-0.3, -0.25) is 9.48 Å². The largest absolute Gasteiger partial charge is 0.464 e. The molecule has 2 atom stereocenters. The van der Waals surface area contributed by atoms with Crippen LogP contribution in [0.25, 0.3) is 0 Å². The van der Waals surface area contributed by atoms with Crippen molar-refractivity contribution < 1.29 is 14.3 Å². The van der Waals surface area contributed by atoms with Gasteiger partial charge in [-0.05, 0) is 17.9 Å². The summed E-state index contributed by atoms with van der Waals surface area (Å²) in [7, 11) is 2.97. The minimum absolute atomic E-state index is 0.0619. The summed E-state index contributed by atoms with van der Waals surface area (Å²) in [6.45, 7) is 0. The number of esters is 1. The maximum absolute atomic E-state index is 12.3. The molecule has 6 heteroatoms. The first-order valence-electron chi connectivity index (χ1n) is 7.08. The Morgan fingerprint density at radius 1 is 1.32 bits per heavy atom. The van der Waals surface area contributed by atoms with E-state index in [0.29, 0.717) is 5.69 Å². The van der Waals surface area contributed by atoms with Crippen molar-refractivity contribution in [1.82, 2.24) is 9.78 Å². The molecule has 22 heavy (non-hydrogen) atoms. The molecule has 0 aliphatic heterocycles. The molecule has 1 fully saturated rings. The fourth-order valence-electron chi connectivity index (χ4n) is 2.61. The Labute approximate surface area is 128 Å². The molecule has 0 saturated heterocycles. The fourth-order valence-corrected chi connectivity index (χ4v) is 2.61. The molecule has 2 unspecified atom stereocenters. The van der Waals surface area contributed by atoms with Gasteiger partial charge in [0.15, 0.2) is 5.69 Å². The van der Waals surface area contributed by atoms with Gasteiger partial charge >= 0.3 is 5.97 Å². The second-order valence-electron chi connectivity index (χ2n) is 5.41. The van der Waals surface area contributed by atoms with Crippen LogP contribution >= 0.6 is 0 Å². The zero-order valence-electron chi connectivity index (χ0n) is 12.4. The van der Waals surface area contributed by atoms with Crippen molar-refractivity contribution >= 4 is 17.6 Å². The molecular formula is C16H17N3O3. The van der Waals surface area contributed by atoms with Gasteiger partial charge in [0, 0.05) is 19.2 Å². The highest BCUT2D eigenvalue weighted by molar-refractivity contribution is 6.01. The van der Waals surface area contributed by atoms with E-state index in [1.54, 1.807) is 13.2 Å². The molecule has 1 aromatic heterocycles. The van der Waals surface area contributed by atoms with Crippen LogP contribution in [0.15, 0.2) is 36.5 Å². The number of hydrogen-bond donors (Lipinski definition) is 1.